The lowest BCUT2D eigenvalue weighted by Crippen LogP contribution is -2.36. The van der Waals surface area contributed by atoms with Gasteiger partial charge in [-0.2, -0.15) is 0 Å². The van der Waals surface area contributed by atoms with Crippen LogP contribution in [-0.2, 0) is 4.79 Å². The second-order valence-electron chi connectivity index (χ2n) is 2.97. The van der Waals surface area contributed by atoms with E-state index in [1.54, 1.807) is 0 Å². The van der Waals surface area contributed by atoms with Gasteiger partial charge in [-0.15, -0.1) is 0 Å². The van der Waals surface area contributed by atoms with Crippen LogP contribution in [0.2, 0.25) is 0 Å². The molecule has 1 amide bonds. The number of oxime groups is 1. The lowest BCUT2D eigenvalue weighted by molar-refractivity contribution is -0.120. The van der Waals surface area contributed by atoms with Crippen molar-refractivity contribution < 1.29 is 10.0 Å². The summed E-state index contributed by atoms with van der Waals surface area (Å²) in [5.74, 6) is 0.233. The number of hydrogen-bond donors (Lipinski definition) is 3. The number of rotatable bonds is 2. The van der Waals surface area contributed by atoms with Gasteiger partial charge < -0.3 is 16.3 Å². The molecule has 13 heavy (non-hydrogen) atoms. The van der Waals surface area contributed by atoms with Crippen molar-refractivity contribution in [1.29, 1.82) is 0 Å². The molecule has 6 nitrogen and oxygen atoms in total. The lowest BCUT2D eigenvalue weighted by atomic mass is 10.3. The highest BCUT2D eigenvalue weighted by Crippen LogP contribution is 1.95. The normalized spacial score (nSPS) is 20.9. The minimum Gasteiger partial charge on any atom is -0.409 e. The molecule has 0 spiro atoms. The van der Waals surface area contributed by atoms with Crippen molar-refractivity contribution in [3.8, 4) is 0 Å². The summed E-state index contributed by atoms with van der Waals surface area (Å²) in [6, 6.07) is 0. The molecule has 74 valence electrons. The number of carbonyl (C=O) groups excluding carboxylic acids is 1. The van der Waals surface area contributed by atoms with Crippen LogP contribution in [-0.4, -0.2) is 48.0 Å². The van der Waals surface area contributed by atoms with E-state index in [2.05, 4.69) is 10.5 Å². The summed E-state index contributed by atoms with van der Waals surface area (Å²) in [5.41, 5.74) is 5.34. The average molecular weight is 186 g/mol. The van der Waals surface area contributed by atoms with Crippen LogP contribution in [0, 0.1) is 0 Å². The number of nitrogens with zero attached hydrogens (tertiary/aromatic N) is 2. The van der Waals surface area contributed by atoms with Crippen LogP contribution in [0.3, 0.4) is 0 Å². The molecule has 1 fully saturated rings. The predicted molar refractivity (Wildman–Crippen MR) is 47.5 cm³/mol. The summed E-state index contributed by atoms with van der Waals surface area (Å²) < 4.78 is 0. The Kier molecular flexibility index (Phi) is 3.51. The third-order valence-corrected chi connectivity index (χ3v) is 1.92. The first-order chi connectivity index (χ1) is 6.22. The van der Waals surface area contributed by atoms with Gasteiger partial charge in [0.25, 0.3) is 0 Å². The smallest absolute Gasteiger partial charge is 0.221 e. The molecule has 1 aliphatic rings. The Morgan fingerprint density at radius 2 is 2.46 bits per heavy atom. The molecule has 0 aromatic rings. The Bertz CT molecular complexity index is 217. The van der Waals surface area contributed by atoms with E-state index in [4.69, 9.17) is 10.9 Å². The van der Waals surface area contributed by atoms with E-state index in [0.717, 1.165) is 6.54 Å². The highest BCUT2D eigenvalue weighted by atomic mass is 16.4. The van der Waals surface area contributed by atoms with Crippen LogP contribution < -0.4 is 11.1 Å². The molecule has 0 saturated carbocycles. The Labute approximate surface area is 76.4 Å². The first kappa shape index (κ1) is 9.79. The summed E-state index contributed by atoms with van der Waals surface area (Å²) in [5, 5.41) is 14.0. The van der Waals surface area contributed by atoms with Gasteiger partial charge in [0.15, 0.2) is 5.84 Å². The second-order valence-corrected chi connectivity index (χ2v) is 2.97. The minimum absolute atomic E-state index is 0.0574. The molecule has 1 rings (SSSR count). The molecule has 6 heteroatoms. The van der Waals surface area contributed by atoms with Crippen molar-refractivity contribution in [2.75, 3.05) is 26.2 Å². The van der Waals surface area contributed by atoms with Crippen molar-refractivity contribution >= 4 is 11.7 Å². The lowest BCUT2D eigenvalue weighted by Gasteiger charge is -2.17. The van der Waals surface area contributed by atoms with Gasteiger partial charge in [-0.3, -0.25) is 9.69 Å². The van der Waals surface area contributed by atoms with Crippen LogP contribution in [0.5, 0.6) is 0 Å². The van der Waals surface area contributed by atoms with Crippen LogP contribution >= 0.6 is 0 Å². The van der Waals surface area contributed by atoms with Crippen molar-refractivity contribution in [3.05, 3.63) is 0 Å². The average Bonchev–Trinajstić information content (AvgIpc) is 2.31. The largest absolute Gasteiger partial charge is 0.409 e. The Balaban J connectivity index is 2.38. The maximum Gasteiger partial charge on any atom is 0.221 e. The summed E-state index contributed by atoms with van der Waals surface area (Å²) in [7, 11) is 0. The number of amides is 1. The zero-order chi connectivity index (χ0) is 9.68. The SMILES string of the molecule is N/C(CN1CCNC(=O)CC1)=N\O. The third-order valence-electron chi connectivity index (χ3n) is 1.92. The molecule has 1 aliphatic heterocycles. The first-order valence-corrected chi connectivity index (χ1v) is 4.18. The van der Waals surface area contributed by atoms with E-state index in [1.807, 2.05) is 4.90 Å². The van der Waals surface area contributed by atoms with Gasteiger partial charge in [-0.1, -0.05) is 5.16 Å². The van der Waals surface area contributed by atoms with E-state index in [0.29, 0.717) is 26.1 Å². The van der Waals surface area contributed by atoms with E-state index >= 15 is 0 Å². The molecule has 1 saturated heterocycles. The number of amidine groups is 1. The van der Waals surface area contributed by atoms with Crippen molar-refractivity contribution in [2.24, 2.45) is 10.9 Å². The number of carbonyl (C=O) groups is 1. The minimum atomic E-state index is 0.0574. The van der Waals surface area contributed by atoms with E-state index in [-0.39, 0.29) is 11.7 Å². The fraction of sp³-hybridized carbons (Fsp3) is 0.714. The molecule has 0 radical (unpaired) electrons. The zero-order valence-electron chi connectivity index (χ0n) is 7.36. The number of nitrogens with two attached hydrogens (primary N) is 1. The molecule has 1 heterocycles. The highest BCUT2D eigenvalue weighted by Gasteiger charge is 2.13. The van der Waals surface area contributed by atoms with Crippen molar-refractivity contribution in [3.63, 3.8) is 0 Å². The maximum atomic E-state index is 10.9. The third kappa shape index (κ3) is 3.29. The molecule has 0 bridgehead atoms. The molecule has 0 unspecified atom stereocenters. The van der Waals surface area contributed by atoms with Gasteiger partial charge in [0.05, 0.1) is 6.54 Å². The molecular weight excluding hydrogens is 172 g/mol. The van der Waals surface area contributed by atoms with E-state index in [1.165, 1.54) is 0 Å². The first-order valence-electron chi connectivity index (χ1n) is 4.18. The molecule has 0 atom stereocenters. The van der Waals surface area contributed by atoms with Crippen LogP contribution in [0.1, 0.15) is 6.42 Å². The van der Waals surface area contributed by atoms with Crippen molar-refractivity contribution in [1.82, 2.24) is 10.2 Å². The van der Waals surface area contributed by atoms with Crippen LogP contribution in [0.15, 0.2) is 5.16 Å². The fourth-order valence-electron chi connectivity index (χ4n) is 1.23. The van der Waals surface area contributed by atoms with Gasteiger partial charge in [0.2, 0.25) is 5.91 Å². The molecular formula is C7H14N4O2. The van der Waals surface area contributed by atoms with Crippen molar-refractivity contribution in [2.45, 2.75) is 6.42 Å². The maximum absolute atomic E-state index is 10.9. The predicted octanol–water partition coefficient (Wildman–Crippen LogP) is -1.45. The van der Waals surface area contributed by atoms with E-state index < -0.39 is 0 Å². The summed E-state index contributed by atoms with van der Waals surface area (Å²) >= 11 is 0. The van der Waals surface area contributed by atoms with Gasteiger partial charge in [-0.25, -0.2) is 0 Å². The number of nitrogens with one attached hydrogen (secondary N) is 1. The summed E-state index contributed by atoms with van der Waals surface area (Å²) in [4.78, 5) is 12.9. The monoisotopic (exact) mass is 186 g/mol. The molecule has 0 aromatic heterocycles. The van der Waals surface area contributed by atoms with Gasteiger partial charge in [-0.05, 0) is 0 Å². The van der Waals surface area contributed by atoms with Crippen LogP contribution in [0.25, 0.3) is 0 Å². The zero-order valence-corrected chi connectivity index (χ0v) is 7.36. The molecule has 0 aliphatic carbocycles. The fourth-order valence-corrected chi connectivity index (χ4v) is 1.23. The van der Waals surface area contributed by atoms with Crippen LogP contribution in [0.4, 0.5) is 0 Å². The standard InChI is InChI=1S/C7H14N4O2/c8-6(10-13)5-11-3-1-7(12)9-2-4-11/h13H,1-5H2,(H2,8,10)(H,9,12). The summed E-state index contributed by atoms with van der Waals surface area (Å²) in [6.07, 6.45) is 0.471. The quantitative estimate of drug-likeness (QED) is 0.213. The van der Waals surface area contributed by atoms with Gasteiger partial charge in [0, 0.05) is 26.1 Å². The van der Waals surface area contributed by atoms with E-state index in [9.17, 15) is 4.79 Å². The molecule has 0 aromatic carbocycles. The molecule has 4 N–H and O–H groups in total. The van der Waals surface area contributed by atoms with Gasteiger partial charge >= 0.3 is 0 Å². The Morgan fingerprint density at radius 1 is 1.69 bits per heavy atom. The van der Waals surface area contributed by atoms with Gasteiger partial charge in [0.1, 0.15) is 0 Å². The topological polar surface area (TPSA) is 91.0 Å². The second kappa shape index (κ2) is 4.66. The Hall–Kier alpha value is -1.30. The summed E-state index contributed by atoms with van der Waals surface area (Å²) in [6.45, 7) is 2.42. The Morgan fingerprint density at radius 3 is 3.15 bits per heavy atom. The number of hydrogen-bond acceptors (Lipinski definition) is 4. The highest BCUT2D eigenvalue weighted by molar-refractivity contribution is 5.82.